The van der Waals surface area contributed by atoms with Gasteiger partial charge in [0, 0.05) is 25.7 Å². The number of fused-ring (bicyclic) bond motifs is 1. The number of carbonyl (C=O) groups is 1. The van der Waals surface area contributed by atoms with E-state index >= 15 is 0 Å². The molecule has 0 aliphatic carbocycles. The summed E-state index contributed by atoms with van der Waals surface area (Å²) >= 11 is 0. The van der Waals surface area contributed by atoms with E-state index < -0.39 is 0 Å². The van der Waals surface area contributed by atoms with Crippen LogP contribution in [0.15, 0.2) is 54.7 Å². The van der Waals surface area contributed by atoms with Crippen molar-refractivity contribution in [3.63, 3.8) is 0 Å². The van der Waals surface area contributed by atoms with E-state index in [9.17, 15) is 4.79 Å². The van der Waals surface area contributed by atoms with Gasteiger partial charge in [-0.1, -0.05) is 36.4 Å². The van der Waals surface area contributed by atoms with Gasteiger partial charge < -0.3 is 5.32 Å². The van der Waals surface area contributed by atoms with Crippen molar-refractivity contribution in [3.8, 4) is 0 Å². The fraction of sp³-hybridized carbons (Fsp3) is 0.381. The number of nitrogens with zero attached hydrogens (tertiary/aromatic N) is 4. The first-order chi connectivity index (χ1) is 13.3. The Labute approximate surface area is 159 Å². The monoisotopic (exact) mass is 363 g/mol. The molecule has 1 amide bonds. The zero-order valence-corrected chi connectivity index (χ0v) is 15.4. The summed E-state index contributed by atoms with van der Waals surface area (Å²) in [7, 11) is 0. The van der Waals surface area contributed by atoms with Gasteiger partial charge in [-0.25, -0.2) is 0 Å². The lowest BCUT2D eigenvalue weighted by Gasteiger charge is -2.16. The predicted molar refractivity (Wildman–Crippen MR) is 105 cm³/mol. The molecule has 1 atom stereocenters. The number of hydrogen-bond donors (Lipinski definition) is 1. The van der Waals surface area contributed by atoms with E-state index in [1.54, 1.807) is 0 Å². The standard InChI is InChI=1S/C21H25N5O/c27-21(16-25-14-11-18(15-25)17-7-2-1-3-8-17)22-12-6-10-20-24-23-19-9-4-5-13-26(19)20/h1-5,7-9,13,18H,6,10-12,14-16H2,(H,22,27). The van der Waals surface area contributed by atoms with Gasteiger partial charge in [-0.3, -0.25) is 14.1 Å². The van der Waals surface area contributed by atoms with Crippen molar-refractivity contribution in [1.29, 1.82) is 0 Å². The molecular formula is C21H25N5O. The molecule has 1 aliphatic rings. The smallest absolute Gasteiger partial charge is 0.234 e. The van der Waals surface area contributed by atoms with Gasteiger partial charge in [0.15, 0.2) is 5.65 Å². The molecule has 4 rings (SSSR count). The number of aromatic nitrogens is 3. The van der Waals surface area contributed by atoms with Gasteiger partial charge in [0.25, 0.3) is 0 Å². The van der Waals surface area contributed by atoms with Crippen LogP contribution in [0.1, 0.15) is 30.1 Å². The second kappa shape index (κ2) is 8.31. The van der Waals surface area contributed by atoms with Gasteiger partial charge in [-0.2, -0.15) is 0 Å². The van der Waals surface area contributed by atoms with Gasteiger partial charge in [0.1, 0.15) is 5.82 Å². The lowest BCUT2D eigenvalue weighted by molar-refractivity contribution is -0.122. The average Bonchev–Trinajstić information content (AvgIpc) is 3.33. The number of likely N-dealkylation sites (tertiary alicyclic amines) is 1. The highest BCUT2D eigenvalue weighted by Crippen LogP contribution is 2.26. The first-order valence-electron chi connectivity index (χ1n) is 9.62. The summed E-state index contributed by atoms with van der Waals surface area (Å²) in [6.07, 6.45) is 4.75. The number of carbonyl (C=O) groups excluding carboxylic acids is 1. The predicted octanol–water partition coefficient (Wildman–Crippen LogP) is 2.27. The normalized spacial score (nSPS) is 17.4. The molecule has 1 unspecified atom stereocenters. The first-order valence-corrected chi connectivity index (χ1v) is 9.62. The Hall–Kier alpha value is -2.73. The molecule has 140 valence electrons. The topological polar surface area (TPSA) is 62.5 Å². The molecule has 1 aromatic carbocycles. The number of benzene rings is 1. The molecule has 1 N–H and O–H groups in total. The largest absolute Gasteiger partial charge is 0.355 e. The molecule has 6 heteroatoms. The number of hydrogen-bond acceptors (Lipinski definition) is 4. The van der Waals surface area contributed by atoms with Gasteiger partial charge >= 0.3 is 0 Å². The molecule has 2 aromatic heterocycles. The minimum atomic E-state index is 0.106. The Kier molecular flexibility index (Phi) is 5.44. The fourth-order valence-corrected chi connectivity index (χ4v) is 3.77. The summed E-state index contributed by atoms with van der Waals surface area (Å²) in [6, 6.07) is 16.5. The Morgan fingerprint density at radius 1 is 1.11 bits per heavy atom. The molecular weight excluding hydrogens is 338 g/mol. The quantitative estimate of drug-likeness (QED) is 0.654. The highest BCUT2D eigenvalue weighted by molar-refractivity contribution is 5.78. The molecule has 0 bridgehead atoms. The third-order valence-electron chi connectivity index (χ3n) is 5.19. The highest BCUT2D eigenvalue weighted by Gasteiger charge is 2.24. The van der Waals surface area contributed by atoms with E-state index in [2.05, 4.69) is 44.7 Å². The third kappa shape index (κ3) is 4.34. The van der Waals surface area contributed by atoms with Crippen LogP contribution in [-0.2, 0) is 11.2 Å². The molecule has 0 radical (unpaired) electrons. The van der Waals surface area contributed by atoms with E-state index in [1.807, 2.05) is 34.9 Å². The molecule has 1 fully saturated rings. The van der Waals surface area contributed by atoms with Crippen molar-refractivity contribution in [3.05, 3.63) is 66.1 Å². The minimum Gasteiger partial charge on any atom is -0.355 e. The van der Waals surface area contributed by atoms with Gasteiger partial charge in [0.05, 0.1) is 6.54 Å². The van der Waals surface area contributed by atoms with Gasteiger partial charge in [-0.05, 0) is 43.0 Å². The van der Waals surface area contributed by atoms with Crippen LogP contribution >= 0.6 is 0 Å². The van der Waals surface area contributed by atoms with Crippen LogP contribution in [0.3, 0.4) is 0 Å². The van der Waals surface area contributed by atoms with Crippen molar-refractivity contribution in [2.75, 3.05) is 26.2 Å². The van der Waals surface area contributed by atoms with Crippen LogP contribution in [0.25, 0.3) is 5.65 Å². The van der Waals surface area contributed by atoms with Crippen LogP contribution in [-0.4, -0.2) is 51.6 Å². The van der Waals surface area contributed by atoms with E-state index in [0.29, 0.717) is 19.0 Å². The maximum atomic E-state index is 12.2. The molecule has 27 heavy (non-hydrogen) atoms. The van der Waals surface area contributed by atoms with E-state index in [-0.39, 0.29) is 5.91 Å². The molecule has 3 aromatic rings. The molecule has 1 aliphatic heterocycles. The average molecular weight is 363 g/mol. The Morgan fingerprint density at radius 2 is 1.96 bits per heavy atom. The number of amides is 1. The van der Waals surface area contributed by atoms with Crippen LogP contribution in [0, 0.1) is 0 Å². The molecule has 1 saturated heterocycles. The van der Waals surface area contributed by atoms with Crippen molar-refractivity contribution < 1.29 is 4.79 Å². The second-order valence-electron chi connectivity index (χ2n) is 7.13. The first kappa shape index (κ1) is 17.7. The lowest BCUT2D eigenvalue weighted by atomic mass is 9.99. The Morgan fingerprint density at radius 3 is 2.85 bits per heavy atom. The van der Waals surface area contributed by atoms with Gasteiger partial charge in [0.2, 0.25) is 5.91 Å². The molecule has 0 saturated carbocycles. The van der Waals surface area contributed by atoms with Crippen LogP contribution in [0.4, 0.5) is 0 Å². The Balaban J connectivity index is 1.18. The number of rotatable bonds is 7. The highest BCUT2D eigenvalue weighted by atomic mass is 16.2. The maximum Gasteiger partial charge on any atom is 0.234 e. The maximum absolute atomic E-state index is 12.2. The van der Waals surface area contributed by atoms with E-state index in [1.165, 1.54) is 5.56 Å². The van der Waals surface area contributed by atoms with Crippen molar-refractivity contribution in [2.45, 2.75) is 25.2 Å². The van der Waals surface area contributed by atoms with Crippen LogP contribution in [0.5, 0.6) is 0 Å². The zero-order chi connectivity index (χ0) is 18.5. The molecule has 6 nitrogen and oxygen atoms in total. The summed E-state index contributed by atoms with van der Waals surface area (Å²) in [5.74, 6) is 1.58. The fourth-order valence-electron chi connectivity index (χ4n) is 3.77. The number of aryl methyl sites for hydroxylation is 1. The summed E-state index contributed by atoms with van der Waals surface area (Å²) in [5, 5.41) is 11.4. The minimum absolute atomic E-state index is 0.106. The SMILES string of the molecule is O=C(CN1CCC(c2ccccc2)C1)NCCCc1nnc2ccccn12. The summed E-state index contributed by atoms with van der Waals surface area (Å²) in [4.78, 5) is 14.5. The van der Waals surface area contributed by atoms with E-state index in [0.717, 1.165) is 43.8 Å². The zero-order valence-electron chi connectivity index (χ0n) is 15.4. The van der Waals surface area contributed by atoms with Crippen LogP contribution in [0.2, 0.25) is 0 Å². The van der Waals surface area contributed by atoms with E-state index in [4.69, 9.17) is 0 Å². The molecule has 3 heterocycles. The summed E-state index contributed by atoms with van der Waals surface area (Å²) in [5.41, 5.74) is 2.24. The summed E-state index contributed by atoms with van der Waals surface area (Å²) < 4.78 is 2.00. The lowest BCUT2D eigenvalue weighted by Crippen LogP contribution is -2.36. The van der Waals surface area contributed by atoms with Crippen molar-refractivity contribution in [2.24, 2.45) is 0 Å². The van der Waals surface area contributed by atoms with Crippen molar-refractivity contribution in [1.82, 2.24) is 24.8 Å². The second-order valence-corrected chi connectivity index (χ2v) is 7.13. The third-order valence-corrected chi connectivity index (χ3v) is 5.19. The van der Waals surface area contributed by atoms with Crippen LogP contribution < -0.4 is 5.32 Å². The number of pyridine rings is 1. The summed E-state index contributed by atoms with van der Waals surface area (Å²) in [6.45, 7) is 3.09. The Bertz CT molecular complexity index is 892. The van der Waals surface area contributed by atoms with Gasteiger partial charge in [-0.15, -0.1) is 10.2 Å². The number of nitrogens with one attached hydrogen (secondary N) is 1. The van der Waals surface area contributed by atoms with Crippen molar-refractivity contribution >= 4 is 11.6 Å². The molecule has 0 spiro atoms.